The predicted octanol–water partition coefficient (Wildman–Crippen LogP) is 2.69. The monoisotopic (exact) mass is 262 g/mol. The maximum atomic E-state index is 11.7. The molecule has 5 heteroatoms. The van der Waals surface area contributed by atoms with E-state index in [9.17, 15) is 9.59 Å². The topological polar surface area (TPSA) is 58.6 Å². The molecule has 1 fully saturated rings. The van der Waals surface area contributed by atoms with Crippen molar-refractivity contribution in [2.75, 3.05) is 23.4 Å². The molecule has 0 atom stereocenters. The second-order valence-corrected chi connectivity index (χ2v) is 4.50. The molecular formula is C14H18N2O3. The van der Waals surface area contributed by atoms with Gasteiger partial charge in [-0.2, -0.15) is 0 Å². The van der Waals surface area contributed by atoms with Gasteiger partial charge in [-0.25, -0.2) is 4.79 Å². The number of hydrogen-bond acceptors (Lipinski definition) is 3. The van der Waals surface area contributed by atoms with Crippen molar-refractivity contribution < 1.29 is 14.3 Å². The van der Waals surface area contributed by atoms with Crippen LogP contribution in [0.1, 0.15) is 25.3 Å². The highest BCUT2D eigenvalue weighted by atomic mass is 16.5. The van der Waals surface area contributed by atoms with Crippen molar-refractivity contribution >= 4 is 23.4 Å². The average Bonchev–Trinajstić information content (AvgIpc) is 2.76. The molecule has 102 valence electrons. The van der Waals surface area contributed by atoms with Gasteiger partial charge in [0.15, 0.2) is 0 Å². The van der Waals surface area contributed by atoms with Crippen molar-refractivity contribution in [1.29, 1.82) is 0 Å². The Balaban J connectivity index is 2.13. The highest BCUT2D eigenvalue weighted by molar-refractivity contribution is 5.96. The Hall–Kier alpha value is -2.04. The Morgan fingerprint density at radius 3 is 2.84 bits per heavy atom. The van der Waals surface area contributed by atoms with E-state index in [4.69, 9.17) is 4.74 Å². The van der Waals surface area contributed by atoms with Crippen molar-refractivity contribution in [2.24, 2.45) is 0 Å². The Bertz CT molecular complexity index is 499. The van der Waals surface area contributed by atoms with E-state index in [0.29, 0.717) is 18.7 Å². The van der Waals surface area contributed by atoms with E-state index in [0.717, 1.165) is 24.2 Å². The van der Waals surface area contributed by atoms with E-state index in [2.05, 4.69) is 5.32 Å². The first-order chi connectivity index (χ1) is 9.11. The van der Waals surface area contributed by atoms with Gasteiger partial charge in [0.2, 0.25) is 5.91 Å². The van der Waals surface area contributed by atoms with Gasteiger partial charge in [0, 0.05) is 24.3 Å². The van der Waals surface area contributed by atoms with E-state index in [1.54, 1.807) is 17.9 Å². The normalized spacial score (nSPS) is 14.6. The zero-order chi connectivity index (χ0) is 13.8. The first kappa shape index (κ1) is 13.4. The molecule has 2 amide bonds. The van der Waals surface area contributed by atoms with Crippen molar-refractivity contribution in [3.8, 4) is 0 Å². The number of anilines is 2. The lowest BCUT2D eigenvalue weighted by Gasteiger charge is -2.19. The van der Waals surface area contributed by atoms with Crippen molar-refractivity contribution in [3.63, 3.8) is 0 Å². The number of carbonyl (C=O) groups is 2. The molecule has 1 aliphatic heterocycles. The second-order valence-electron chi connectivity index (χ2n) is 4.50. The third-order valence-corrected chi connectivity index (χ3v) is 3.08. The SMILES string of the molecule is CCOC(=O)Nc1ccc(N2CCCC2=O)c(C)c1. The van der Waals surface area contributed by atoms with Crippen molar-refractivity contribution in [2.45, 2.75) is 26.7 Å². The number of nitrogens with zero attached hydrogens (tertiary/aromatic N) is 1. The molecule has 1 aromatic rings. The maximum Gasteiger partial charge on any atom is 0.411 e. The molecule has 0 spiro atoms. The van der Waals surface area contributed by atoms with Gasteiger partial charge >= 0.3 is 6.09 Å². The van der Waals surface area contributed by atoms with Crippen LogP contribution in [0.3, 0.4) is 0 Å². The maximum absolute atomic E-state index is 11.7. The molecule has 1 aromatic carbocycles. The van der Waals surface area contributed by atoms with Crippen LogP contribution in [0.4, 0.5) is 16.2 Å². The Kier molecular flexibility index (Phi) is 4.04. The van der Waals surface area contributed by atoms with Gasteiger partial charge in [0.1, 0.15) is 0 Å². The smallest absolute Gasteiger partial charge is 0.411 e. The average molecular weight is 262 g/mol. The standard InChI is InChI=1S/C14H18N2O3/c1-3-19-14(18)15-11-6-7-12(10(2)9-11)16-8-4-5-13(16)17/h6-7,9H,3-5,8H2,1-2H3,(H,15,18). The molecule has 0 aromatic heterocycles. The molecule has 5 nitrogen and oxygen atoms in total. The highest BCUT2D eigenvalue weighted by Crippen LogP contribution is 2.27. The summed E-state index contributed by atoms with van der Waals surface area (Å²) in [4.78, 5) is 24.8. The number of amides is 2. The van der Waals surface area contributed by atoms with Gasteiger partial charge in [-0.15, -0.1) is 0 Å². The van der Waals surface area contributed by atoms with Crippen LogP contribution in [-0.2, 0) is 9.53 Å². The largest absolute Gasteiger partial charge is 0.450 e. The molecule has 0 radical (unpaired) electrons. The molecule has 0 saturated carbocycles. The number of aryl methyl sites for hydroxylation is 1. The lowest BCUT2D eigenvalue weighted by Crippen LogP contribution is -2.24. The van der Waals surface area contributed by atoms with Crippen LogP contribution in [0.2, 0.25) is 0 Å². The zero-order valence-corrected chi connectivity index (χ0v) is 11.2. The van der Waals surface area contributed by atoms with Crippen LogP contribution in [0.25, 0.3) is 0 Å². The van der Waals surface area contributed by atoms with E-state index < -0.39 is 6.09 Å². The van der Waals surface area contributed by atoms with Crippen LogP contribution < -0.4 is 10.2 Å². The molecule has 1 N–H and O–H groups in total. The fraction of sp³-hybridized carbons (Fsp3) is 0.429. The van der Waals surface area contributed by atoms with Crippen molar-refractivity contribution in [1.82, 2.24) is 0 Å². The van der Waals surface area contributed by atoms with Gasteiger partial charge in [-0.1, -0.05) is 0 Å². The fourth-order valence-electron chi connectivity index (χ4n) is 2.22. The van der Waals surface area contributed by atoms with Crippen LogP contribution in [0, 0.1) is 6.92 Å². The van der Waals surface area contributed by atoms with E-state index >= 15 is 0 Å². The molecule has 1 aliphatic rings. The summed E-state index contributed by atoms with van der Waals surface area (Å²) in [6, 6.07) is 5.49. The van der Waals surface area contributed by atoms with Gasteiger partial charge in [0.25, 0.3) is 0 Å². The number of hydrogen-bond donors (Lipinski definition) is 1. The number of nitrogens with one attached hydrogen (secondary N) is 1. The zero-order valence-electron chi connectivity index (χ0n) is 11.2. The number of carbonyl (C=O) groups excluding carboxylic acids is 2. The molecule has 0 aliphatic carbocycles. The first-order valence-corrected chi connectivity index (χ1v) is 6.46. The first-order valence-electron chi connectivity index (χ1n) is 6.46. The summed E-state index contributed by atoms with van der Waals surface area (Å²) in [5.74, 6) is 0.161. The summed E-state index contributed by atoms with van der Waals surface area (Å²) in [7, 11) is 0. The Labute approximate surface area is 112 Å². The van der Waals surface area contributed by atoms with E-state index in [1.165, 1.54) is 0 Å². The fourth-order valence-corrected chi connectivity index (χ4v) is 2.22. The summed E-state index contributed by atoms with van der Waals surface area (Å²) in [5.41, 5.74) is 2.55. The minimum atomic E-state index is -0.466. The van der Waals surface area contributed by atoms with Gasteiger partial charge in [0.05, 0.1) is 6.61 Å². The van der Waals surface area contributed by atoms with Crippen molar-refractivity contribution in [3.05, 3.63) is 23.8 Å². The van der Waals surface area contributed by atoms with Crippen LogP contribution in [-0.4, -0.2) is 25.2 Å². The number of rotatable bonds is 3. The van der Waals surface area contributed by atoms with Crippen LogP contribution in [0.5, 0.6) is 0 Å². The molecule has 1 heterocycles. The minimum absolute atomic E-state index is 0.161. The summed E-state index contributed by atoms with van der Waals surface area (Å²) in [6.07, 6.45) is 1.05. The van der Waals surface area contributed by atoms with E-state index in [1.807, 2.05) is 19.1 Å². The third-order valence-electron chi connectivity index (χ3n) is 3.08. The van der Waals surface area contributed by atoms with E-state index in [-0.39, 0.29) is 5.91 Å². The lowest BCUT2D eigenvalue weighted by molar-refractivity contribution is -0.117. The Morgan fingerprint density at radius 2 is 2.26 bits per heavy atom. The molecule has 0 bridgehead atoms. The minimum Gasteiger partial charge on any atom is -0.450 e. The van der Waals surface area contributed by atoms with Gasteiger partial charge < -0.3 is 9.64 Å². The lowest BCUT2D eigenvalue weighted by atomic mass is 10.1. The predicted molar refractivity (Wildman–Crippen MR) is 73.4 cm³/mol. The Morgan fingerprint density at radius 1 is 1.47 bits per heavy atom. The number of benzene rings is 1. The summed E-state index contributed by atoms with van der Waals surface area (Å²) >= 11 is 0. The summed E-state index contributed by atoms with van der Waals surface area (Å²) in [5, 5.41) is 2.65. The molecular weight excluding hydrogens is 244 g/mol. The highest BCUT2D eigenvalue weighted by Gasteiger charge is 2.22. The second kappa shape index (κ2) is 5.73. The summed E-state index contributed by atoms with van der Waals surface area (Å²) in [6.45, 7) is 4.79. The molecule has 0 unspecified atom stereocenters. The van der Waals surface area contributed by atoms with Gasteiger partial charge in [-0.3, -0.25) is 10.1 Å². The number of ether oxygens (including phenoxy) is 1. The van der Waals surface area contributed by atoms with Crippen LogP contribution >= 0.6 is 0 Å². The third kappa shape index (κ3) is 3.05. The molecule has 2 rings (SSSR count). The van der Waals surface area contributed by atoms with Crippen LogP contribution in [0.15, 0.2) is 18.2 Å². The molecule has 19 heavy (non-hydrogen) atoms. The quantitative estimate of drug-likeness (QED) is 0.911. The molecule has 1 saturated heterocycles. The summed E-state index contributed by atoms with van der Waals surface area (Å²) < 4.78 is 4.82. The van der Waals surface area contributed by atoms with Gasteiger partial charge in [-0.05, 0) is 44.0 Å².